The summed E-state index contributed by atoms with van der Waals surface area (Å²) >= 11 is 0. The number of ketones is 1. The highest BCUT2D eigenvalue weighted by molar-refractivity contribution is 5.79. The van der Waals surface area contributed by atoms with Crippen molar-refractivity contribution in [3.8, 4) is 6.07 Å². The number of halogens is 3. The second kappa shape index (κ2) is 7.47. The number of alkyl halides is 3. The van der Waals surface area contributed by atoms with Crippen LogP contribution in [0.3, 0.4) is 0 Å². The molecule has 0 saturated heterocycles. The number of hydrogen-bond acceptors (Lipinski definition) is 3. The lowest BCUT2D eigenvalue weighted by molar-refractivity contribution is -0.213. The number of aryl methyl sites for hydroxylation is 1. The molecule has 0 unspecified atom stereocenters. The number of rotatable bonds is 7. The van der Waals surface area contributed by atoms with Crippen LogP contribution < -0.4 is 0 Å². The molecule has 1 saturated carbocycles. The summed E-state index contributed by atoms with van der Waals surface area (Å²) in [5, 5.41) is 9.22. The van der Waals surface area contributed by atoms with Gasteiger partial charge >= 0.3 is 6.18 Å². The summed E-state index contributed by atoms with van der Waals surface area (Å²) < 4.78 is 41.2. The van der Waals surface area contributed by atoms with Crippen LogP contribution in [0, 0.1) is 16.7 Å². The van der Waals surface area contributed by atoms with Crippen molar-refractivity contribution < 1.29 is 18.0 Å². The molecule has 3 rings (SSSR count). The van der Waals surface area contributed by atoms with Gasteiger partial charge in [0.15, 0.2) is 0 Å². The Bertz CT molecular complexity index is 962. The lowest BCUT2D eigenvalue weighted by atomic mass is 9.78. The van der Waals surface area contributed by atoms with Crippen LogP contribution in [0.4, 0.5) is 13.2 Å². The van der Waals surface area contributed by atoms with E-state index in [2.05, 4.69) is 17.6 Å². The highest BCUT2D eigenvalue weighted by atomic mass is 19.4. The van der Waals surface area contributed by atoms with Gasteiger partial charge in [-0.3, -0.25) is 4.79 Å². The van der Waals surface area contributed by atoms with Gasteiger partial charge < -0.3 is 4.57 Å². The summed E-state index contributed by atoms with van der Waals surface area (Å²) in [5.41, 5.74) is 0.199. The normalized spacial score (nSPS) is 16.4. The third-order valence-electron chi connectivity index (χ3n) is 6.09. The van der Waals surface area contributed by atoms with Gasteiger partial charge in [-0.05, 0) is 50.8 Å². The molecule has 0 spiro atoms. The van der Waals surface area contributed by atoms with E-state index in [1.54, 1.807) is 6.07 Å². The van der Waals surface area contributed by atoms with Crippen LogP contribution in [0.1, 0.15) is 70.7 Å². The molecule has 1 fully saturated rings. The van der Waals surface area contributed by atoms with Gasteiger partial charge in [0.25, 0.3) is 0 Å². The minimum Gasteiger partial charge on any atom is -0.322 e. The average Bonchev–Trinajstić information content (AvgIpc) is 2.95. The minimum atomic E-state index is -4.39. The van der Waals surface area contributed by atoms with Crippen LogP contribution in [0.15, 0.2) is 18.2 Å². The average molecular weight is 405 g/mol. The zero-order valence-corrected chi connectivity index (χ0v) is 17.1. The van der Waals surface area contributed by atoms with Crippen LogP contribution in [-0.4, -0.2) is 21.5 Å². The van der Waals surface area contributed by atoms with E-state index < -0.39 is 18.0 Å². The second-order valence-corrected chi connectivity index (χ2v) is 8.98. The molecule has 1 heterocycles. The number of carbonyl (C=O) groups is 1. The van der Waals surface area contributed by atoms with Crippen LogP contribution in [0.5, 0.6) is 0 Å². The summed E-state index contributed by atoms with van der Waals surface area (Å²) in [6.45, 7) is 4.29. The Morgan fingerprint density at radius 1 is 1.31 bits per heavy atom. The Labute approximate surface area is 168 Å². The topological polar surface area (TPSA) is 58.7 Å². The summed E-state index contributed by atoms with van der Waals surface area (Å²) in [6.07, 6.45) is -0.672. The maximum Gasteiger partial charge on any atom is 0.394 e. The number of Topliss-reactive ketones (excluding diaryl/α,β-unsaturated/α-hetero) is 1. The highest BCUT2D eigenvalue weighted by Gasteiger charge is 2.48. The first-order valence-corrected chi connectivity index (χ1v) is 9.97. The van der Waals surface area contributed by atoms with Gasteiger partial charge in [0, 0.05) is 24.8 Å². The molecule has 0 aliphatic heterocycles. The monoisotopic (exact) mass is 405 g/mol. The van der Waals surface area contributed by atoms with Gasteiger partial charge in [0.05, 0.1) is 28.1 Å². The lowest BCUT2D eigenvalue weighted by Gasteiger charge is -2.41. The fraction of sp³-hybridized carbons (Fsp3) is 0.591. The van der Waals surface area contributed by atoms with Crippen LogP contribution in [0.25, 0.3) is 11.0 Å². The second-order valence-electron chi connectivity index (χ2n) is 8.98. The van der Waals surface area contributed by atoms with Crippen LogP contribution in [-0.2, 0) is 16.8 Å². The number of fused-ring (bicyclic) bond motifs is 1. The van der Waals surface area contributed by atoms with Crippen molar-refractivity contribution in [3.05, 3.63) is 29.6 Å². The Morgan fingerprint density at radius 2 is 2.00 bits per heavy atom. The molecule has 4 nitrogen and oxygen atoms in total. The molecule has 0 radical (unpaired) electrons. The smallest absolute Gasteiger partial charge is 0.322 e. The highest BCUT2D eigenvalue weighted by Crippen LogP contribution is 2.42. The zero-order chi connectivity index (χ0) is 21.4. The number of hydrogen-bond donors (Lipinski definition) is 0. The summed E-state index contributed by atoms with van der Waals surface area (Å²) in [7, 11) is 0. The standard InChI is InChI=1S/C22H26F3N3O/c1-20(2,22(23,24)25)13-16(29)6-4-7-19-27-17-9-8-15(14-26)12-18(17)28(19)21(3)10-5-11-21/h8-9,12H,4-7,10-11,13H2,1-3H3. The number of nitrogens with zero attached hydrogens (tertiary/aromatic N) is 3. The molecule has 1 aromatic carbocycles. The van der Waals surface area contributed by atoms with E-state index in [0.717, 1.165) is 50.0 Å². The third kappa shape index (κ3) is 4.17. The van der Waals surface area contributed by atoms with Gasteiger partial charge in [-0.15, -0.1) is 0 Å². The van der Waals surface area contributed by atoms with Crippen molar-refractivity contribution in [2.75, 3.05) is 0 Å². The Morgan fingerprint density at radius 3 is 2.55 bits per heavy atom. The van der Waals surface area contributed by atoms with Crippen molar-refractivity contribution >= 4 is 16.8 Å². The van der Waals surface area contributed by atoms with Gasteiger partial charge in [-0.1, -0.05) is 13.8 Å². The van der Waals surface area contributed by atoms with Crippen molar-refractivity contribution in [1.29, 1.82) is 5.26 Å². The molecule has 0 N–H and O–H groups in total. The maximum absolute atomic E-state index is 13.0. The maximum atomic E-state index is 13.0. The predicted molar refractivity (Wildman–Crippen MR) is 104 cm³/mol. The van der Waals surface area contributed by atoms with E-state index in [-0.39, 0.29) is 17.7 Å². The van der Waals surface area contributed by atoms with Crippen molar-refractivity contribution in [1.82, 2.24) is 9.55 Å². The number of imidazole rings is 1. The van der Waals surface area contributed by atoms with Crippen LogP contribution >= 0.6 is 0 Å². The lowest BCUT2D eigenvalue weighted by Crippen LogP contribution is -2.38. The first-order valence-electron chi connectivity index (χ1n) is 9.97. The molecule has 0 amide bonds. The molecular weight excluding hydrogens is 379 g/mol. The molecule has 1 aromatic heterocycles. The van der Waals surface area contributed by atoms with Gasteiger partial charge in [0.1, 0.15) is 11.6 Å². The van der Waals surface area contributed by atoms with Gasteiger partial charge in [-0.2, -0.15) is 18.4 Å². The molecule has 156 valence electrons. The van der Waals surface area contributed by atoms with E-state index >= 15 is 0 Å². The Hall–Kier alpha value is -2.36. The Balaban J connectivity index is 1.76. The van der Waals surface area contributed by atoms with Crippen molar-refractivity contribution in [3.63, 3.8) is 0 Å². The van der Waals surface area contributed by atoms with Crippen molar-refractivity contribution in [2.45, 2.75) is 77.4 Å². The molecule has 0 bridgehead atoms. The molecule has 1 aliphatic carbocycles. The van der Waals surface area contributed by atoms with Gasteiger partial charge in [-0.25, -0.2) is 4.98 Å². The number of nitriles is 1. The van der Waals surface area contributed by atoms with Crippen molar-refractivity contribution in [2.24, 2.45) is 5.41 Å². The zero-order valence-electron chi connectivity index (χ0n) is 17.1. The number of carbonyl (C=O) groups excluding carboxylic acids is 1. The number of aromatic nitrogens is 2. The van der Waals surface area contributed by atoms with E-state index in [4.69, 9.17) is 4.98 Å². The molecule has 2 aromatic rings. The number of benzene rings is 1. The first kappa shape index (κ1) is 21.4. The summed E-state index contributed by atoms with van der Waals surface area (Å²) in [4.78, 5) is 16.8. The molecule has 7 heteroatoms. The summed E-state index contributed by atoms with van der Waals surface area (Å²) in [6, 6.07) is 7.55. The predicted octanol–water partition coefficient (Wildman–Crippen LogP) is 5.68. The van der Waals surface area contributed by atoms with E-state index in [1.807, 2.05) is 12.1 Å². The minimum absolute atomic E-state index is 0.0690. The molecular formula is C22H26F3N3O. The fourth-order valence-corrected chi connectivity index (χ4v) is 4.00. The van der Waals surface area contributed by atoms with Gasteiger partial charge in [0.2, 0.25) is 0 Å². The first-order chi connectivity index (χ1) is 13.5. The van der Waals surface area contributed by atoms with E-state index in [9.17, 15) is 23.2 Å². The largest absolute Gasteiger partial charge is 0.394 e. The van der Waals surface area contributed by atoms with E-state index in [0.29, 0.717) is 18.4 Å². The fourth-order valence-electron chi connectivity index (χ4n) is 4.00. The Kier molecular flexibility index (Phi) is 5.50. The molecule has 29 heavy (non-hydrogen) atoms. The molecule has 0 atom stereocenters. The van der Waals surface area contributed by atoms with Crippen LogP contribution in [0.2, 0.25) is 0 Å². The summed E-state index contributed by atoms with van der Waals surface area (Å²) in [5.74, 6) is 0.455. The third-order valence-corrected chi connectivity index (χ3v) is 6.09. The molecule has 1 aliphatic rings. The van der Waals surface area contributed by atoms with E-state index in [1.165, 1.54) is 0 Å². The SMILES string of the molecule is CC1(n2c(CCCC(=O)CC(C)(C)C(F)(F)F)nc3ccc(C#N)cc32)CCC1. The quantitative estimate of drug-likeness (QED) is 0.596.